The Kier molecular flexibility index (Phi) is 3.86. The molecule has 3 heterocycles. The summed E-state index contributed by atoms with van der Waals surface area (Å²) >= 11 is 6.85. The van der Waals surface area contributed by atoms with Crippen LogP contribution in [0.5, 0.6) is 0 Å². The van der Waals surface area contributed by atoms with Crippen LogP contribution < -0.4 is 4.72 Å². The van der Waals surface area contributed by atoms with Crippen molar-refractivity contribution in [3.63, 3.8) is 0 Å². The van der Waals surface area contributed by atoms with Gasteiger partial charge in [-0.2, -0.15) is 13.5 Å². The molecule has 0 bridgehead atoms. The number of carbonyl (C=O) groups excluding carboxylic acids is 1. The number of pyridine rings is 1. The predicted octanol–water partition coefficient (Wildman–Crippen LogP) is 2.11. The van der Waals surface area contributed by atoms with Crippen molar-refractivity contribution in [2.75, 3.05) is 0 Å². The molecule has 1 N–H and O–H groups in total. The standard InChI is InChI=1S/C13H11ClN4O3S2/c1-7-9-5-10(22-13(9)18(2)16-7)12(19)17-23(20,21)11-4-3-8(14)6-15-11/h3-6H,1-2H3,(H,17,19). The Hall–Kier alpha value is -1.97. The summed E-state index contributed by atoms with van der Waals surface area (Å²) in [7, 11) is -2.28. The molecule has 3 aromatic rings. The smallest absolute Gasteiger partial charge is 0.267 e. The van der Waals surface area contributed by atoms with E-state index < -0.39 is 15.9 Å². The van der Waals surface area contributed by atoms with Gasteiger partial charge < -0.3 is 0 Å². The Morgan fingerprint density at radius 1 is 1.39 bits per heavy atom. The fourth-order valence-electron chi connectivity index (χ4n) is 2.06. The molecule has 7 nitrogen and oxygen atoms in total. The van der Waals surface area contributed by atoms with Gasteiger partial charge in [-0.15, -0.1) is 11.3 Å². The quantitative estimate of drug-likeness (QED) is 0.762. The number of aromatic nitrogens is 3. The van der Waals surface area contributed by atoms with Gasteiger partial charge in [0.2, 0.25) is 0 Å². The van der Waals surface area contributed by atoms with Crippen LogP contribution in [0.15, 0.2) is 29.4 Å². The van der Waals surface area contributed by atoms with Crippen LogP contribution >= 0.6 is 22.9 Å². The Morgan fingerprint density at radius 3 is 2.74 bits per heavy atom. The molecule has 0 fully saturated rings. The zero-order valence-electron chi connectivity index (χ0n) is 12.1. The highest BCUT2D eigenvalue weighted by molar-refractivity contribution is 7.90. The van der Waals surface area contributed by atoms with Gasteiger partial charge in [0, 0.05) is 18.6 Å². The molecule has 1 amide bonds. The molecule has 0 saturated carbocycles. The van der Waals surface area contributed by atoms with Gasteiger partial charge in [-0.05, 0) is 25.1 Å². The van der Waals surface area contributed by atoms with E-state index in [4.69, 9.17) is 11.6 Å². The summed E-state index contributed by atoms with van der Waals surface area (Å²) in [6.45, 7) is 1.82. The third-order valence-electron chi connectivity index (χ3n) is 3.12. The molecule has 0 unspecified atom stereocenters. The first-order valence-electron chi connectivity index (χ1n) is 6.40. The van der Waals surface area contributed by atoms with Gasteiger partial charge in [-0.3, -0.25) is 9.48 Å². The largest absolute Gasteiger partial charge is 0.281 e. The van der Waals surface area contributed by atoms with E-state index in [1.807, 2.05) is 11.6 Å². The maximum absolute atomic E-state index is 12.2. The average Bonchev–Trinajstić information content (AvgIpc) is 3.01. The fraction of sp³-hybridized carbons (Fsp3) is 0.154. The van der Waals surface area contributed by atoms with Crippen LogP contribution in [0, 0.1) is 6.92 Å². The molecule has 0 saturated heterocycles. The second kappa shape index (κ2) is 5.59. The third kappa shape index (κ3) is 2.94. The van der Waals surface area contributed by atoms with Gasteiger partial charge in [0.05, 0.1) is 15.6 Å². The number of sulfonamides is 1. The number of rotatable bonds is 3. The zero-order chi connectivity index (χ0) is 16.8. The minimum Gasteiger partial charge on any atom is -0.267 e. The van der Waals surface area contributed by atoms with E-state index in [1.165, 1.54) is 29.7 Å². The number of fused-ring (bicyclic) bond motifs is 1. The summed E-state index contributed by atoms with van der Waals surface area (Å²) in [5.41, 5.74) is 0.778. The summed E-state index contributed by atoms with van der Waals surface area (Å²) in [5, 5.41) is 5.10. The van der Waals surface area contributed by atoms with Crippen molar-refractivity contribution in [2.24, 2.45) is 7.05 Å². The number of hydrogen-bond donors (Lipinski definition) is 1. The van der Waals surface area contributed by atoms with Crippen molar-refractivity contribution >= 4 is 49.1 Å². The van der Waals surface area contributed by atoms with E-state index in [-0.39, 0.29) is 9.90 Å². The van der Waals surface area contributed by atoms with E-state index in [0.29, 0.717) is 5.02 Å². The zero-order valence-corrected chi connectivity index (χ0v) is 14.5. The lowest BCUT2D eigenvalue weighted by molar-refractivity contribution is 0.0985. The van der Waals surface area contributed by atoms with E-state index in [0.717, 1.165) is 15.9 Å². The molecule has 23 heavy (non-hydrogen) atoms. The Labute approximate surface area is 141 Å². The summed E-state index contributed by atoms with van der Waals surface area (Å²) in [4.78, 5) is 17.0. The lowest BCUT2D eigenvalue weighted by Crippen LogP contribution is -2.30. The number of amides is 1. The molecule has 0 aromatic carbocycles. The van der Waals surface area contributed by atoms with Crippen molar-refractivity contribution < 1.29 is 13.2 Å². The first kappa shape index (κ1) is 15.9. The molecule has 0 aliphatic carbocycles. The third-order valence-corrected chi connectivity index (χ3v) is 5.79. The van der Waals surface area contributed by atoms with E-state index in [2.05, 4.69) is 10.1 Å². The van der Waals surface area contributed by atoms with Gasteiger partial charge in [0.1, 0.15) is 4.83 Å². The van der Waals surface area contributed by atoms with Gasteiger partial charge in [-0.25, -0.2) is 9.71 Å². The number of nitrogens with one attached hydrogen (secondary N) is 1. The lowest BCUT2D eigenvalue weighted by Gasteiger charge is -2.04. The normalized spacial score (nSPS) is 11.8. The van der Waals surface area contributed by atoms with Gasteiger partial charge >= 0.3 is 0 Å². The van der Waals surface area contributed by atoms with Crippen LogP contribution in [-0.2, 0) is 17.1 Å². The van der Waals surface area contributed by atoms with Crippen molar-refractivity contribution in [1.29, 1.82) is 0 Å². The monoisotopic (exact) mass is 370 g/mol. The second-order valence-electron chi connectivity index (χ2n) is 4.79. The Morgan fingerprint density at radius 2 is 2.13 bits per heavy atom. The highest BCUT2D eigenvalue weighted by Gasteiger charge is 2.22. The minimum absolute atomic E-state index is 0.269. The fourth-order valence-corrected chi connectivity index (χ4v) is 4.15. The molecular formula is C13H11ClN4O3S2. The summed E-state index contributed by atoms with van der Waals surface area (Å²) < 4.78 is 28.0. The Bertz CT molecular complexity index is 971. The number of hydrogen-bond acceptors (Lipinski definition) is 6. The van der Waals surface area contributed by atoms with Crippen LogP contribution in [0.25, 0.3) is 10.2 Å². The molecule has 3 aromatic heterocycles. The number of thiophene rings is 1. The van der Waals surface area contributed by atoms with Crippen LogP contribution in [-0.4, -0.2) is 29.1 Å². The van der Waals surface area contributed by atoms with Crippen LogP contribution in [0.3, 0.4) is 0 Å². The SMILES string of the molecule is Cc1nn(C)c2sc(C(=O)NS(=O)(=O)c3ccc(Cl)cn3)cc12. The van der Waals surface area contributed by atoms with Gasteiger partial charge in [0.15, 0.2) is 5.03 Å². The number of nitrogens with zero attached hydrogens (tertiary/aromatic N) is 3. The van der Waals surface area contributed by atoms with Crippen LogP contribution in [0.1, 0.15) is 15.4 Å². The highest BCUT2D eigenvalue weighted by Crippen LogP contribution is 2.27. The highest BCUT2D eigenvalue weighted by atomic mass is 35.5. The van der Waals surface area contributed by atoms with Crippen LogP contribution in [0.2, 0.25) is 5.02 Å². The maximum atomic E-state index is 12.2. The molecule has 0 atom stereocenters. The van der Waals surface area contributed by atoms with Crippen molar-refractivity contribution in [3.8, 4) is 0 Å². The molecule has 0 spiro atoms. The number of carbonyl (C=O) groups is 1. The van der Waals surface area contributed by atoms with Crippen molar-refractivity contribution in [2.45, 2.75) is 11.9 Å². The molecular weight excluding hydrogens is 360 g/mol. The molecule has 0 radical (unpaired) electrons. The van der Waals surface area contributed by atoms with Crippen LogP contribution in [0.4, 0.5) is 0 Å². The van der Waals surface area contributed by atoms with E-state index >= 15 is 0 Å². The predicted molar refractivity (Wildman–Crippen MR) is 87.2 cm³/mol. The first-order chi connectivity index (χ1) is 10.8. The Balaban J connectivity index is 1.90. The summed E-state index contributed by atoms with van der Waals surface area (Å²) in [5.74, 6) is -0.706. The lowest BCUT2D eigenvalue weighted by atomic mass is 10.3. The molecule has 0 aliphatic heterocycles. The van der Waals surface area contributed by atoms with Gasteiger partial charge in [-0.1, -0.05) is 11.6 Å². The summed E-state index contributed by atoms with van der Waals surface area (Å²) in [6, 6.07) is 4.25. The summed E-state index contributed by atoms with van der Waals surface area (Å²) in [6.07, 6.45) is 1.20. The molecule has 3 rings (SSSR count). The first-order valence-corrected chi connectivity index (χ1v) is 9.07. The average molecular weight is 371 g/mol. The van der Waals surface area contributed by atoms with Gasteiger partial charge in [0.25, 0.3) is 15.9 Å². The number of aryl methyl sites for hydroxylation is 2. The molecule has 0 aliphatic rings. The minimum atomic E-state index is -4.05. The maximum Gasteiger partial charge on any atom is 0.281 e. The van der Waals surface area contributed by atoms with E-state index in [9.17, 15) is 13.2 Å². The van der Waals surface area contributed by atoms with Crippen molar-refractivity contribution in [3.05, 3.63) is 40.0 Å². The number of halogens is 1. The molecule has 10 heteroatoms. The topological polar surface area (TPSA) is 94.0 Å². The molecule has 120 valence electrons. The van der Waals surface area contributed by atoms with Crippen molar-refractivity contribution in [1.82, 2.24) is 19.5 Å². The second-order valence-corrected chi connectivity index (χ2v) is 7.88. The van der Waals surface area contributed by atoms with E-state index in [1.54, 1.807) is 17.8 Å².